The molecule has 0 radical (unpaired) electrons. The molecule has 6 rings (SSSR count). The number of rotatable bonds is 6. The average molecular weight is 544 g/mol. The van der Waals surface area contributed by atoms with E-state index < -0.39 is 0 Å². The molecule has 2 fully saturated rings. The Morgan fingerprint density at radius 1 is 1.00 bits per heavy atom. The van der Waals surface area contributed by atoms with E-state index in [9.17, 15) is 9.59 Å². The number of anilines is 2. The number of imidazole rings is 2. The number of hydrogen-bond donors (Lipinski definition) is 3. The highest BCUT2D eigenvalue weighted by Gasteiger charge is 2.23. The molecule has 0 unspecified atom stereocenters. The van der Waals surface area contributed by atoms with Crippen molar-refractivity contribution in [2.45, 2.75) is 19.8 Å². The number of carbonyl (C=O) groups excluding carboxylic acids is 2. The van der Waals surface area contributed by atoms with E-state index in [0.717, 1.165) is 80.4 Å². The number of fused-ring (bicyclic) bond motifs is 1. The van der Waals surface area contributed by atoms with Crippen LogP contribution in [0.25, 0.3) is 28.0 Å². The van der Waals surface area contributed by atoms with Gasteiger partial charge in [0.25, 0.3) is 5.91 Å². The van der Waals surface area contributed by atoms with Crippen LogP contribution in [-0.4, -0.2) is 104 Å². The van der Waals surface area contributed by atoms with Gasteiger partial charge in [0.2, 0.25) is 5.95 Å². The van der Waals surface area contributed by atoms with Crippen molar-refractivity contribution in [3.05, 3.63) is 42.7 Å². The minimum Gasteiger partial charge on any atom is -0.354 e. The Kier molecular flexibility index (Phi) is 7.03. The third-order valence-corrected chi connectivity index (χ3v) is 7.40. The molecule has 0 saturated carbocycles. The number of H-pyrrole nitrogens is 1. The van der Waals surface area contributed by atoms with Gasteiger partial charge in [-0.15, -0.1) is 0 Å². The smallest absolute Gasteiger partial charge is 0.321 e. The zero-order valence-electron chi connectivity index (χ0n) is 22.7. The molecule has 1 aromatic carbocycles. The molecule has 5 heterocycles. The van der Waals surface area contributed by atoms with Crippen LogP contribution in [0.4, 0.5) is 16.6 Å². The number of likely N-dealkylation sites (tertiary alicyclic amines) is 1. The number of hydrogen-bond acceptors (Lipinski definition) is 8. The average Bonchev–Trinajstić information content (AvgIpc) is 3.74. The molecule has 4 aromatic rings. The Morgan fingerprint density at radius 2 is 1.80 bits per heavy atom. The number of nitrogens with zero attached hydrogens (tertiary/aromatic N) is 8. The molecular weight excluding hydrogens is 510 g/mol. The Morgan fingerprint density at radius 3 is 2.58 bits per heavy atom. The number of aromatic nitrogens is 6. The van der Waals surface area contributed by atoms with Crippen LogP contribution < -0.4 is 15.5 Å². The molecule has 0 atom stereocenters. The van der Waals surface area contributed by atoms with Crippen LogP contribution in [0.1, 0.15) is 30.3 Å². The Bertz CT molecular complexity index is 1530. The minimum atomic E-state index is -0.345. The van der Waals surface area contributed by atoms with E-state index in [-0.39, 0.29) is 11.9 Å². The largest absolute Gasteiger partial charge is 0.354 e. The topological polar surface area (TPSA) is 140 Å². The molecule has 40 heavy (non-hydrogen) atoms. The van der Waals surface area contributed by atoms with Crippen LogP contribution in [0.3, 0.4) is 0 Å². The number of piperazine rings is 1. The molecule has 3 aromatic heterocycles. The fourth-order valence-corrected chi connectivity index (χ4v) is 5.18. The number of aromatic amines is 1. The van der Waals surface area contributed by atoms with E-state index in [1.54, 1.807) is 18.9 Å². The van der Waals surface area contributed by atoms with Crippen molar-refractivity contribution >= 4 is 34.7 Å². The summed E-state index contributed by atoms with van der Waals surface area (Å²) in [5, 5.41) is 5.47. The van der Waals surface area contributed by atoms with Gasteiger partial charge in [-0.2, -0.15) is 0 Å². The van der Waals surface area contributed by atoms with Gasteiger partial charge in [0.15, 0.2) is 0 Å². The first-order chi connectivity index (χ1) is 19.5. The zero-order chi connectivity index (χ0) is 27.6. The van der Waals surface area contributed by atoms with Crippen molar-refractivity contribution in [1.82, 2.24) is 44.6 Å². The Balaban J connectivity index is 1.40. The van der Waals surface area contributed by atoms with Crippen LogP contribution in [0.5, 0.6) is 0 Å². The maximum Gasteiger partial charge on any atom is 0.321 e. The lowest BCUT2D eigenvalue weighted by atomic mass is 10.1. The van der Waals surface area contributed by atoms with Crippen LogP contribution >= 0.6 is 0 Å². The highest BCUT2D eigenvalue weighted by atomic mass is 16.2. The molecule has 2 aliphatic rings. The summed E-state index contributed by atoms with van der Waals surface area (Å²) in [5.41, 5.74) is 4.06. The lowest BCUT2D eigenvalue weighted by Crippen LogP contribution is -2.44. The number of benzene rings is 1. The molecule has 3 amide bonds. The van der Waals surface area contributed by atoms with Crippen LogP contribution in [0, 0.1) is 0 Å². The fraction of sp³-hybridized carbons (Fsp3) is 0.407. The zero-order valence-corrected chi connectivity index (χ0v) is 22.7. The van der Waals surface area contributed by atoms with Crippen molar-refractivity contribution in [2.24, 2.45) is 0 Å². The standard InChI is InChI=1S/C27H33N11O2/c1-3-28-27(40)34-26-32-21-13-18(38-15-22(31-17-38)25(39)37-6-4-5-7-37)12-19(24(21)33-26)20-14-23(30-16-29-20)36-10-8-35(2)9-11-36/h12-17H,3-11H2,1-2H3,(H3,28,32,33,34,40). The summed E-state index contributed by atoms with van der Waals surface area (Å²) in [7, 11) is 2.12. The van der Waals surface area contributed by atoms with Crippen LogP contribution in [-0.2, 0) is 0 Å². The first-order valence-corrected chi connectivity index (χ1v) is 13.7. The van der Waals surface area contributed by atoms with Gasteiger partial charge in [0.1, 0.15) is 24.2 Å². The molecule has 3 N–H and O–H groups in total. The third-order valence-electron chi connectivity index (χ3n) is 7.40. The first kappa shape index (κ1) is 25.7. The molecule has 2 aliphatic heterocycles. The van der Waals surface area contributed by atoms with Gasteiger partial charge in [-0.3, -0.25) is 10.1 Å². The normalized spacial score (nSPS) is 16.1. The summed E-state index contributed by atoms with van der Waals surface area (Å²) >= 11 is 0. The van der Waals surface area contributed by atoms with Gasteiger partial charge in [-0.05, 0) is 38.9 Å². The molecular formula is C27H33N11O2. The van der Waals surface area contributed by atoms with E-state index in [1.165, 1.54) is 0 Å². The van der Waals surface area contributed by atoms with Crippen molar-refractivity contribution < 1.29 is 9.59 Å². The minimum absolute atomic E-state index is 0.0571. The molecule has 0 bridgehead atoms. The lowest BCUT2D eigenvalue weighted by Gasteiger charge is -2.33. The number of carbonyl (C=O) groups is 2. The maximum absolute atomic E-state index is 12.9. The molecule has 0 aliphatic carbocycles. The highest BCUT2D eigenvalue weighted by molar-refractivity contribution is 5.97. The molecule has 0 spiro atoms. The van der Waals surface area contributed by atoms with E-state index in [1.807, 2.05) is 34.6 Å². The van der Waals surface area contributed by atoms with Gasteiger partial charge in [0.05, 0.1) is 16.7 Å². The molecule has 13 heteroatoms. The summed E-state index contributed by atoms with van der Waals surface area (Å²) in [4.78, 5) is 53.0. The second-order valence-corrected chi connectivity index (χ2v) is 10.2. The summed E-state index contributed by atoms with van der Waals surface area (Å²) in [6.45, 7) is 7.58. The van der Waals surface area contributed by atoms with E-state index in [0.29, 0.717) is 23.7 Å². The van der Waals surface area contributed by atoms with E-state index in [4.69, 9.17) is 0 Å². The maximum atomic E-state index is 12.9. The van der Waals surface area contributed by atoms with Gasteiger partial charge in [-0.25, -0.2) is 24.7 Å². The monoisotopic (exact) mass is 543 g/mol. The second-order valence-electron chi connectivity index (χ2n) is 10.2. The summed E-state index contributed by atoms with van der Waals surface area (Å²) < 4.78 is 1.82. The quantitative estimate of drug-likeness (QED) is 0.337. The lowest BCUT2D eigenvalue weighted by molar-refractivity contribution is 0.0787. The summed E-state index contributed by atoms with van der Waals surface area (Å²) in [6, 6.07) is 5.52. The summed E-state index contributed by atoms with van der Waals surface area (Å²) in [6.07, 6.45) is 7.02. The van der Waals surface area contributed by atoms with Gasteiger partial charge < -0.3 is 29.6 Å². The van der Waals surface area contributed by atoms with Gasteiger partial charge >= 0.3 is 6.03 Å². The molecule has 13 nitrogen and oxygen atoms in total. The number of amides is 3. The van der Waals surface area contributed by atoms with Gasteiger partial charge in [-0.1, -0.05) is 0 Å². The Hall–Kier alpha value is -4.52. The second kappa shape index (κ2) is 10.9. The Labute approximate surface area is 231 Å². The van der Waals surface area contributed by atoms with Gasteiger partial charge in [0, 0.05) is 69.3 Å². The van der Waals surface area contributed by atoms with Crippen molar-refractivity contribution in [2.75, 3.05) is 63.1 Å². The van der Waals surface area contributed by atoms with E-state index >= 15 is 0 Å². The van der Waals surface area contributed by atoms with Crippen LogP contribution in [0.15, 0.2) is 37.1 Å². The van der Waals surface area contributed by atoms with Crippen molar-refractivity contribution in [3.8, 4) is 16.9 Å². The van der Waals surface area contributed by atoms with Crippen molar-refractivity contribution in [1.29, 1.82) is 0 Å². The highest BCUT2D eigenvalue weighted by Crippen LogP contribution is 2.32. The van der Waals surface area contributed by atoms with E-state index in [2.05, 4.69) is 52.4 Å². The number of likely N-dealkylation sites (N-methyl/N-ethyl adjacent to an activating group) is 1. The fourth-order valence-electron chi connectivity index (χ4n) is 5.18. The predicted octanol–water partition coefficient (Wildman–Crippen LogP) is 2.33. The predicted molar refractivity (Wildman–Crippen MR) is 152 cm³/mol. The molecule has 2 saturated heterocycles. The SMILES string of the molecule is CCNC(=O)Nc1nc2cc(-n3cnc(C(=O)N4CCCC4)c3)cc(-c3cc(N4CCN(C)CC4)ncn3)c2[nH]1. The van der Waals surface area contributed by atoms with Crippen LogP contribution in [0.2, 0.25) is 0 Å². The number of urea groups is 1. The first-order valence-electron chi connectivity index (χ1n) is 13.7. The molecule has 208 valence electrons. The summed E-state index contributed by atoms with van der Waals surface area (Å²) in [5.74, 6) is 1.12. The number of nitrogens with one attached hydrogen (secondary N) is 3. The van der Waals surface area contributed by atoms with Crippen molar-refractivity contribution in [3.63, 3.8) is 0 Å². The third kappa shape index (κ3) is 5.19.